The highest BCUT2D eigenvalue weighted by atomic mass is 32.2. The number of hydrogen-bond acceptors (Lipinski definition) is 5. The second-order valence-corrected chi connectivity index (χ2v) is 8.13. The van der Waals surface area contributed by atoms with Gasteiger partial charge in [0, 0.05) is 29.7 Å². The van der Waals surface area contributed by atoms with Gasteiger partial charge in [0.05, 0.1) is 5.39 Å². The summed E-state index contributed by atoms with van der Waals surface area (Å²) in [6.45, 7) is 6.19. The van der Waals surface area contributed by atoms with Crippen molar-refractivity contribution in [3.05, 3.63) is 58.2 Å². The average molecular weight is 400 g/mol. The number of nitrogens with two attached hydrogens (primary N) is 1. The molecule has 0 radical (unpaired) electrons. The van der Waals surface area contributed by atoms with E-state index in [1.165, 1.54) is 28.7 Å². The van der Waals surface area contributed by atoms with E-state index in [9.17, 15) is 9.59 Å². The highest BCUT2D eigenvalue weighted by Gasteiger charge is 2.17. The number of carbonyl (C=O) groups excluding carboxylic acids is 1. The summed E-state index contributed by atoms with van der Waals surface area (Å²) in [4.78, 5) is 29.5. The van der Waals surface area contributed by atoms with Gasteiger partial charge < -0.3 is 5.73 Å². The lowest BCUT2D eigenvalue weighted by Gasteiger charge is -2.10. The van der Waals surface area contributed by atoms with Crippen LogP contribution in [0.1, 0.15) is 18.4 Å². The van der Waals surface area contributed by atoms with E-state index < -0.39 is 0 Å². The zero-order valence-corrected chi connectivity index (χ0v) is 16.7. The fourth-order valence-corrected chi connectivity index (χ4v) is 4.70. The Kier molecular flexibility index (Phi) is 6.13. The third-order valence-corrected chi connectivity index (χ3v) is 6.07. The number of amides is 1. The lowest BCUT2D eigenvalue weighted by atomic mass is 10.1. The van der Waals surface area contributed by atoms with E-state index in [4.69, 9.17) is 10.7 Å². The predicted molar refractivity (Wildman–Crippen MR) is 113 cm³/mol. The first-order valence-electron chi connectivity index (χ1n) is 8.62. The zero-order chi connectivity index (χ0) is 19.4. The van der Waals surface area contributed by atoms with Crippen molar-refractivity contribution in [3.63, 3.8) is 0 Å². The number of aryl methyl sites for hydroxylation is 1. The molecule has 2 N–H and O–H groups in total. The summed E-state index contributed by atoms with van der Waals surface area (Å²) in [6.07, 6.45) is 2.68. The highest BCUT2D eigenvalue weighted by Crippen LogP contribution is 2.32. The number of hydrogen-bond donors (Lipinski definition) is 1. The maximum absolute atomic E-state index is 13.2. The summed E-state index contributed by atoms with van der Waals surface area (Å²) in [5.41, 5.74) is 8.22. The number of allylic oxidation sites excluding steroid dienone is 1. The molecular formula is C20H21N3O2S2. The second-order valence-electron chi connectivity index (χ2n) is 6.21. The SMILES string of the molecule is C=CCn1c(SCCCC(N)=O)nc2scc(-c3ccc(C)cc3)c2c1=O. The molecule has 0 fully saturated rings. The molecular weight excluding hydrogens is 378 g/mol. The molecule has 140 valence electrons. The molecule has 0 aliphatic carbocycles. The van der Waals surface area contributed by atoms with E-state index in [1.54, 1.807) is 10.6 Å². The quantitative estimate of drug-likeness (QED) is 0.269. The zero-order valence-electron chi connectivity index (χ0n) is 15.1. The van der Waals surface area contributed by atoms with Crippen molar-refractivity contribution in [3.8, 4) is 11.1 Å². The molecule has 0 spiro atoms. The number of nitrogens with zero attached hydrogens (tertiary/aromatic N) is 2. The molecule has 0 unspecified atom stereocenters. The van der Waals surface area contributed by atoms with Crippen LogP contribution in [0.25, 0.3) is 21.3 Å². The number of thiophene rings is 1. The van der Waals surface area contributed by atoms with E-state index in [2.05, 4.69) is 6.58 Å². The molecule has 0 atom stereocenters. The number of benzene rings is 1. The molecule has 0 aliphatic heterocycles. The molecule has 1 aromatic carbocycles. The number of fused-ring (bicyclic) bond motifs is 1. The van der Waals surface area contributed by atoms with Crippen LogP contribution in [0.2, 0.25) is 0 Å². The van der Waals surface area contributed by atoms with Crippen molar-refractivity contribution in [2.45, 2.75) is 31.5 Å². The minimum atomic E-state index is -0.316. The van der Waals surface area contributed by atoms with Gasteiger partial charge in [-0.05, 0) is 18.9 Å². The van der Waals surface area contributed by atoms with Crippen molar-refractivity contribution >= 4 is 39.2 Å². The molecule has 7 heteroatoms. The summed E-state index contributed by atoms with van der Waals surface area (Å²) < 4.78 is 1.65. The molecule has 2 heterocycles. The Bertz CT molecular complexity index is 1040. The Morgan fingerprint density at radius 2 is 2.11 bits per heavy atom. The Labute approximate surface area is 165 Å². The first-order valence-corrected chi connectivity index (χ1v) is 10.5. The van der Waals surface area contributed by atoms with Gasteiger partial charge in [-0.3, -0.25) is 14.2 Å². The molecule has 2 aromatic heterocycles. The van der Waals surface area contributed by atoms with E-state index in [0.29, 0.717) is 35.7 Å². The van der Waals surface area contributed by atoms with Crippen molar-refractivity contribution in [2.24, 2.45) is 5.73 Å². The number of carbonyl (C=O) groups is 1. The van der Waals surface area contributed by atoms with E-state index in [1.807, 2.05) is 36.6 Å². The van der Waals surface area contributed by atoms with Crippen LogP contribution in [0.4, 0.5) is 0 Å². The normalized spacial score (nSPS) is 11.0. The van der Waals surface area contributed by atoms with Crippen molar-refractivity contribution in [1.29, 1.82) is 0 Å². The van der Waals surface area contributed by atoms with Gasteiger partial charge in [-0.2, -0.15) is 0 Å². The minimum absolute atomic E-state index is 0.0610. The second kappa shape index (κ2) is 8.54. The van der Waals surface area contributed by atoms with Gasteiger partial charge in [0.25, 0.3) is 5.56 Å². The Morgan fingerprint density at radius 1 is 1.37 bits per heavy atom. The lowest BCUT2D eigenvalue weighted by molar-refractivity contribution is -0.118. The molecule has 5 nitrogen and oxygen atoms in total. The lowest BCUT2D eigenvalue weighted by Crippen LogP contribution is -2.22. The number of rotatable bonds is 8. The van der Waals surface area contributed by atoms with Crippen molar-refractivity contribution in [2.75, 3.05) is 5.75 Å². The van der Waals surface area contributed by atoms with Gasteiger partial charge in [0.15, 0.2) is 5.16 Å². The molecule has 0 aliphatic rings. The van der Waals surface area contributed by atoms with E-state index in [0.717, 1.165) is 16.0 Å². The van der Waals surface area contributed by atoms with Crippen LogP contribution in [0.3, 0.4) is 0 Å². The summed E-state index contributed by atoms with van der Waals surface area (Å²) >= 11 is 2.94. The van der Waals surface area contributed by atoms with Gasteiger partial charge in [-0.15, -0.1) is 17.9 Å². The molecule has 0 bridgehead atoms. The maximum Gasteiger partial charge on any atom is 0.263 e. The minimum Gasteiger partial charge on any atom is -0.370 e. The average Bonchev–Trinajstić information content (AvgIpc) is 3.06. The molecule has 3 aromatic rings. The predicted octanol–water partition coefficient (Wildman–Crippen LogP) is 3.98. The van der Waals surface area contributed by atoms with E-state index >= 15 is 0 Å². The van der Waals surface area contributed by atoms with Crippen LogP contribution in [0.5, 0.6) is 0 Å². The largest absolute Gasteiger partial charge is 0.370 e. The summed E-state index contributed by atoms with van der Waals surface area (Å²) in [5, 5.41) is 3.28. The number of primary amides is 1. The smallest absolute Gasteiger partial charge is 0.263 e. The topological polar surface area (TPSA) is 78.0 Å². The summed E-state index contributed by atoms with van der Waals surface area (Å²) in [5.74, 6) is 0.359. The fraction of sp³-hybridized carbons (Fsp3) is 0.250. The van der Waals surface area contributed by atoms with E-state index in [-0.39, 0.29) is 11.5 Å². The van der Waals surface area contributed by atoms with Crippen LogP contribution in [-0.4, -0.2) is 21.2 Å². The molecule has 0 saturated carbocycles. The first kappa shape index (κ1) is 19.4. The van der Waals surface area contributed by atoms with Gasteiger partial charge in [-0.1, -0.05) is 47.7 Å². The van der Waals surface area contributed by atoms with Gasteiger partial charge in [0.1, 0.15) is 4.83 Å². The first-order chi connectivity index (χ1) is 13.0. The Hall–Kier alpha value is -2.38. The van der Waals surface area contributed by atoms with Crippen LogP contribution < -0.4 is 11.3 Å². The third-order valence-electron chi connectivity index (χ3n) is 4.13. The van der Waals surface area contributed by atoms with Crippen LogP contribution in [0.15, 0.2) is 52.3 Å². The third kappa shape index (κ3) is 4.31. The number of thioether (sulfide) groups is 1. The van der Waals surface area contributed by atoms with Crippen LogP contribution in [-0.2, 0) is 11.3 Å². The van der Waals surface area contributed by atoms with Crippen LogP contribution >= 0.6 is 23.1 Å². The van der Waals surface area contributed by atoms with Crippen molar-refractivity contribution < 1.29 is 4.79 Å². The Morgan fingerprint density at radius 3 is 2.78 bits per heavy atom. The van der Waals surface area contributed by atoms with Crippen LogP contribution in [0, 0.1) is 6.92 Å². The van der Waals surface area contributed by atoms with Crippen molar-refractivity contribution in [1.82, 2.24) is 9.55 Å². The monoisotopic (exact) mass is 399 g/mol. The standard InChI is InChI=1S/C20H21N3O2S2/c1-3-10-23-19(25)17-15(14-8-6-13(2)7-9-14)12-27-18(17)22-20(23)26-11-4-5-16(21)24/h3,6-9,12H,1,4-5,10-11H2,2H3,(H2,21,24). The molecule has 27 heavy (non-hydrogen) atoms. The summed E-state index contributed by atoms with van der Waals surface area (Å²) in [7, 11) is 0. The van der Waals surface area contributed by atoms with Gasteiger partial charge in [0.2, 0.25) is 5.91 Å². The fourth-order valence-electron chi connectivity index (χ4n) is 2.76. The Balaban J connectivity index is 2.02. The maximum atomic E-state index is 13.2. The molecule has 3 rings (SSSR count). The van der Waals surface area contributed by atoms with Gasteiger partial charge >= 0.3 is 0 Å². The van der Waals surface area contributed by atoms with Gasteiger partial charge in [-0.25, -0.2) is 4.98 Å². The molecule has 0 saturated heterocycles. The molecule has 1 amide bonds. The number of aromatic nitrogens is 2. The highest BCUT2D eigenvalue weighted by molar-refractivity contribution is 7.99. The summed E-state index contributed by atoms with van der Waals surface area (Å²) in [6, 6.07) is 8.14.